The number of nitro benzene ring substituents is 1. The number of carbonyl (C=O) groups is 2. The van der Waals surface area contributed by atoms with Gasteiger partial charge >= 0.3 is 11.8 Å². The lowest BCUT2D eigenvalue weighted by atomic mass is 10.2. The van der Waals surface area contributed by atoms with Crippen molar-refractivity contribution >= 4 is 45.3 Å². The van der Waals surface area contributed by atoms with Crippen LogP contribution in [0.4, 0.5) is 11.4 Å². The van der Waals surface area contributed by atoms with E-state index in [1.165, 1.54) is 30.5 Å². The zero-order valence-electron chi connectivity index (χ0n) is 12.1. The number of hydrogen-bond donors (Lipinski definition) is 2. The first-order valence-corrected chi connectivity index (χ1v) is 7.39. The summed E-state index contributed by atoms with van der Waals surface area (Å²) in [4.78, 5) is 33.3. The van der Waals surface area contributed by atoms with E-state index in [1.807, 2.05) is 0 Å². The fraction of sp³-hybridized carbons (Fsp3) is 0. The van der Waals surface area contributed by atoms with E-state index in [0.29, 0.717) is 11.3 Å². The molecule has 0 aliphatic heterocycles. The third-order valence-corrected chi connectivity index (χ3v) is 3.32. The van der Waals surface area contributed by atoms with E-state index in [1.54, 1.807) is 24.3 Å². The molecule has 2 rings (SSSR count). The number of nitro groups is 1. The van der Waals surface area contributed by atoms with E-state index in [0.717, 1.165) is 4.47 Å². The second kappa shape index (κ2) is 7.97. The van der Waals surface area contributed by atoms with Gasteiger partial charge in [-0.3, -0.25) is 19.7 Å². The number of halogens is 1. The highest BCUT2D eigenvalue weighted by atomic mass is 79.9. The Balaban J connectivity index is 1.88. The smallest absolute Gasteiger partial charge is 0.318 e. The Morgan fingerprint density at radius 3 is 2.25 bits per heavy atom. The molecule has 2 aromatic carbocycles. The molecule has 0 heterocycles. The Morgan fingerprint density at radius 2 is 1.67 bits per heavy atom. The minimum atomic E-state index is -0.934. The predicted molar refractivity (Wildman–Crippen MR) is 91.6 cm³/mol. The number of nitrogens with one attached hydrogen (secondary N) is 2. The van der Waals surface area contributed by atoms with Gasteiger partial charge in [-0.1, -0.05) is 15.9 Å². The molecule has 0 aromatic heterocycles. The summed E-state index contributed by atoms with van der Waals surface area (Å²) in [6.07, 6.45) is 1.27. The molecule has 0 aliphatic rings. The van der Waals surface area contributed by atoms with Crippen molar-refractivity contribution in [2.24, 2.45) is 5.10 Å². The van der Waals surface area contributed by atoms with Crippen LogP contribution in [0.5, 0.6) is 0 Å². The largest absolute Gasteiger partial charge is 0.329 e. The number of non-ortho nitro benzene ring substituents is 1. The average molecular weight is 391 g/mol. The summed E-state index contributed by atoms with van der Waals surface area (Å²) < 4.78 is 0.845. The second-order valence-corrected chi connectivity index (χ2v) is 5.42. The van der Waals surface area contributed by atoms with Crippen molar-refractivity contribution in [2.75, 3.05) is 5.32 Å². The Kier molecular flexibility index (Phi) is 5.74. The summed E-state index contributed by atoms with van der Waals surface area (Å²) in [6, 6.07) is 12.3. The number of benzene rings is 2. The van der Waals surface area contributed by atoms with Crippen LogP contribution in [0.15, 0.2) is 58.1 Å². The van der Waals surface area contributed by atoms with Crippen molar-refractivity contribution in [1.82, 2.24) is 5.43 Å². The second-order valence-electron chi connectivity index (χ2n) is 4.51. The van der Waals surface area contributed by atoms with E-state index >= 15 is 0 Å². The quantitative estimate of drug-likeness (QED) is 0.361. The third kappa shape index (κ3) is 4.99. The minimum absolute atomic E-state index is 0.0509. The standard InChI is InChI=1S/C15H11BrN4O4/c16-11-3-5-12(6-4-11)18-14(21)15(22)19-17-9-10-1-7-13(8-2-10)20(23)24/h1-9H,(H,18,21)(H,19,22)/b17-9-. The van der Waals surface area contributed by atoms with Gasteiger partial charge in [0.25, 0.3) is 5.69 Å². The Labute approximate surface area is 144 Å². The SMILES string of the molecule is O=C(N/N=C\c1ccc([N+](=O)[O-])cc1)C(=O)Nc1ccc(Br)cc1. The Bertz CT molecular complexity index is 788. The van der Waals surface area contributed by atoms with Gasteiger partial charge in [-0.25, -0.2) is 5.43 Å². The molecule has 8 nitrogen and oxygen atoms in total. The van der Waals surface area contributed by atoms with E-state index in [2.05, 4.69) is 31.8 Å². The monoisotopic (exact) mass is 390 g/mol. The molecule has 0 atom stereocenters. The number of nitrogens with zero attached hydrogens (tertiary/aromatic N) is 2. The molecule has 2 aromatic rings. The molecule has 9 heteroatoms. The lowest BCUT2D eigenvalue weighted by molar-refractivity contribution is -0.384. The molecule has 2 N–H and O–H groups in total. The van der Waals surface area contributed by atoms with E-state index in [4.69, 9.17) is 0 Å². The van der Waals surface area contributed by atoms with Gasteiger partial charge in [-0.15, -0.1) is 0 Å². The highest BCUT2D eigenvalue weighted by molar-refractivity contribution is 9.10. The van der Waals surface area contributed by atoms with Crippen LogP contribution >= 0.6 is 15.9 Å². The molecule has 0 saturated carbocycles. The van der Waals surface area contributed by atoms with Gasteiger partial charge in [0, 0.05) is 22.3 Å². The summed E-state index contributed by atoms with van der Waals surface area (Å²) in [5.41, 5.74) is 3.03. The number of amides is 2. The molecule has 2 amide bonds. The van der Waals surface area contributed by atoms with Crippen molar-refractivity contribution in [3.8, 4) is 0 Å². The van der Waals surface area contributed by atoms with Crippen LogP contribution in [0.2, 0.25) is 0 Å². The molecule has 0 aliphatic carbocycles. The van der Waals surface area contributed by atoms with Gasteiger partial charge in [0.1, 0.15) is 0 Å². The van der Waals surface area contributed by atoms with Crippen LogP contribution in [0.25, 0.3) is 0 Å². The van der Waals surface area contributed by atoms with E-state index in [-0.39, 0.29) is 5.69 Å². The fourth-order valence-corrected chi connectivity index (χ4v) is 1.88. The number of anilines is 1. The molecule has 24 heavy (non-hydrogen) atoms. The van der Waals surface area contributed by atoms with Gasteiger partial charge < -0.3 is 5.32 Å². The van der Waals surface area contributed by atoms with Gasteiger partial charge in [0.05, 0.1) is 11.1 Å². The normalized spacial score (nSPS) is 10.4. The van der Waals surface area contributed by atoms with Gasteiger partial charge in [0.15, 0.2) is 0 Å². The Morgan fingerprint density at radius 1 is 1.04 bits per heavy atom. The van der Waals surface area contributed by atoms with Crippen LogP contribution in [-0.4, -0.2) is 23.0 Å². The van der Waals surface area contributed by atoms with Crippen molar-refractivity contribution in [2.45, 2.75) is 0 Å². The van der Waals surface area contributed by atoms with Crippen molar-refractivity contribution in [1.29, 1.82) is 0 Å². The van der Waals surface area contributed by atoms with Crippen LogP contribution in [0, 0.1) is 10.1 Å². The molecule has 0 spiro atoms. The van der Waals surface area contributed by atoms with Crippen LogP contribution < -0.4 is 10.7 Å². The summed E-state index contributed by atoms with van der Waals surface area (Å²) in [6.45, 7) is 0. The lowest BCUT2D eigenvalue weighted by Crippen LogP contribution is -2.32. The molecular formula is C15H11BrN4O4. The van der Waals surface area contributed by atoms with E-state index < -0.39 is 16.7 Å². The van der Waals surface area contributed by atoms with E-state index in [9.17, 15) is 19.7 Å². The fourth-order valence-electron chi connectivity index (χ4n) is 1.62. The average Bonchev–Trinajstić information content (AvgIpc) is 2.57. The van der Waals surface area contributed by atoms with Crippen molar-refractivity contribution < 1.29 is 14.5 Å². The summed E-state index contributed by atoms with van der Waals surface area (Å²) >= 11 is 3.26. The van der Waals surface area contributed by atoms with Crippen molar-refractivity contribution in [3.05, 3.63) is 68.7 Å². The van der Waals surface area contributed by atoms with Crippen LogP contribution in [0.3, 0.4) is 0 Å². The molecule has 0 radical (unpaired) electrons. The zero-order valence-corrected chi connectivity index (χ0v) is 13.7. The highest BCUT2D eigenvalue weighted by Gasteiger charge is 2.12. The molecule has 0 fully saturated rings. The maximum Gasteiger partial charge on any atom is 0.329 e. The molecular weight excluding hydrogens is 380 g/mol. The number of hydrogen-bond acceptors (Lipinski definition) is 5. The van der Waals surface area contributed by atoms with Crippen LogP contribution in [-0.2, 0) is 9.59 Å². The first-order valence-electron chi connectivity index (χ1n) is 6.60. The lowest BCUT2D eigenvalue weighted by Gasteiger charge is -2.03. The van der Waals surface area contributed by atoms with Crippen molar-refractivity contribution in [3.63, 3.8) is 0 Å². The number of rotatable bonds is 4. The highest BCUT2D eigenvalue weighted by Crippen LogP contribution is 2.14. The minimum Gasteiger partial charge on any atom is -0.318 e. The summed E-state index contributed by atoms with van der Waals surface area (Å²) in [5, 5.41) is 16.6. The first kappa shape index (κ1) is 17.3. The summed E-state index contributed by atoms with van der Waals surface area (Å²) in [5.74, 6) is -1.80. The number of hydrazone groups is 1. The van der Waals surface area contributed by atoms with Crippen LogP contribution in [0.1, 0.15) is 5.56 Å². The number of carbonyl (C=O) groups excluding carboxylic acids is 2. The van der Waals surface area contributed by atoms with Gasteiger partial charge in [0.2, 0.25) is 0 Å². The molecule has 0 saturated heterocycles. The topological polar surface area (TPSA) is 114 Å². The Hall–Kier alpha value is -3.07. The van der Waals surface area contributed by atoms with Gasteiger partial charge in [-0.2, -0.15) is 5.10 Å². The zero-order chi connectivity index (χ0) is 17.5. The molecule has 0 unspecified atom stereocenters. The summed E-state index contributed by atoms with van der Waals surface area (Å²) in [7, 11) is 0. The maximum absolute atomic E-state index is 11.7. The molecule has 122 valence electrons. The maximum atomic E-state index is 11.7. The molecule has 0 bridgehead atoms. The third-order valence-electron chi connectivity index (χ3n) is 2.79. The predicted octanol–water partition coefficient (Wildman–Crippen LogP) is 2.45. The first-order chi connectivity index (χ1) is 11.5. The van der Waals surface area contributed by atoms with Gasteiger partial charge in [-0.05, 0) is 42.0 Å².